The Bertz CT molecular complexity index is 739. The average Bonchev–Trinajstić information content (AvgIpc) is 2.71. The summed E-state index contributed by atoms with van der Waals surface area (Å²) in [4.78, 5) is 63.3. The van der Waals surface area contributed by atoms with Crippen LogP contribution in [0, 0.1) is 5.92 Å². The lowest BCUT2D eigenvalue weighted by atomic mass is 10.0. The zero-order valence-electron chi connectivity index (χ0n) is 18.5. The number of aliphatic hydroxyl groups is 1. The minimum absolute atomic E-state index is 0.0754. The van der Waals surface area contributed by atoms with Gasteiger partial charge in [-0.2, -0.15) is 0 Å². The molecule has 0 aromatic carbocycles. The van der Waals surface area contributed by atoms with E-state index in [0.29, 0.717) is 0 Å². The lowest BCUT2D eigenvalue weighted by Gasteiger charge is -2.24. The molecule has 0 rings (SSSR count). The summed E-state index contributed by atoms with van der Waals surface area (Å²) in [6, 6.07) is -5.57. The van der Waals surface area contributed by atoms with E-state index in [1.807, 2.05) is 0 Å². The number of hydrogen-bond acceptors (Lipinski definition) is 8. The number of nitrogens with one attached hydrogen (secondary N) is 3. The number of guanidine groups is 1. The molecule has 0 radical (unpaired) electrons. The van der Waals surface area contributed by atoms with E-state index in [-0.39, 0.29) is 31.3 Å². The number of rotatable bonds is 15. The first-order valence-corrected chi connectivity index (χ1v) is 10.1. The third kappa shape index (κ3) is 11.6. The topological polar surface area (TPSA) is 273 Å². The fourth-order valence-electron chi connectivity index (χ4n) is 2.45. The molecule has 0 spiro atoms. The fraction of sp³-hybridized carbons (Fsp3) is 0.667. The van der Waals surface area contributed by atoms with Gasteiger partial charge in [-0.1, -0.05) is 13.8 Å². The summed E-state index contributed by atoms with van der Waals surface area (Å²) >= 11 is 0. The van der Waals surface area contributed by atoms with Gasteiger partial charge in [-0.15, -0.1) is 0 Å². The van der Waals surface area contributed by atoms with Crippen molar-refractivity contribution in [1.82, 2.24) is 16.0 Å². The summed E-state index contributed by atoms with van der Waals surface area (Å²) in [5.74, 6) is -6.17. The number of aliphatic hydroxyl groups excluding tert-OH is 1. The van der Waals surface area contributed by atoms with Gasteiger partial charge in [0.25, 0.3) is 0 Å². The molecule has 0 aliphatic rings. The number of carboxylic acid groups (broad SMARTS) is 2. The molecule has 4 atom stereocenters. The van der Waals surface area contributed by atoms with Crippen molar-refractivity contribution >= 4 is 35.6 Å². The zero-order chi connectivity index (χ0) is 25.7. The summed E-state index contributed by atoms with van der Waals surface area (Å²) < 4.78 is 0. The van der Waals surface area contributed by atoms with E-state index in [1.165, 1.54) is 0 Å². The first-order chi connectivity index (χ1) is 15.3. The number of amides is 3. The third-order valence-corrected chi connectivity index (χ3v) is 4.41. The van der Waals surface area contributed by atoms with Crippen molar-refractivity contribution in [1.29, 1.82) is 0 Å². The smallest absolute Gasteiger partial charge is 0.326 e. The van der Waals surface area contributed by atoms with E-state index in [1.54, 1.807) is 13.8 Å². The van der Waals surface area contributed by atoms with Crippen LogP contribution in [0.15, 0.2) is 4.99 Å². The van der Waals surface area contributed by atoms with Crippen molar-refractivity contribution in [3.05, 3.63) is 0 Å². The van der Waals surface area contributed by atoms with Crippen LogP contribution in [0.25, 0.3) is 0 Å². The van der Waals surface area contributed by atoms with Crippen molar-refractivity contribution in [2.24, 2.45) is 28.1 Å². The largest absolute Gasteiger partial charge is 0.481 e. The Balaban J connectivity index is 5.27. The first kappa shape index (κ1) is 29.5. The Morgan fingerprint density at radius 2 is 1.39 bits per heavy atom. The highest BCUT2D eigenvalue weighted by Gasteiger charge is 2.31. The molecule has 0 saturated carbocycles. The summed E-state index contributed by atoms with van der Waals surface area (Å²) in [5.41, 5.74) is 16.0. The second kappa shape index (κ2) is 14.6. The van der Waals surface area contributed by atoms with Crippen LogP contribution >= 0.6 is 0 Å². The molecule has 4 unspecified atom stereocenters. The van der Waals surface area contributed by atoms with Crippen molar-refractivity contribution in [3.8, 4) is 0 Å². The van der Waals surface area contributed by atoms with Crippen LogP contribution in [0.4, 0.5) is 0 Å². The van der Waals surface area contributed by atoms with Crippen molar-refractivity contribution < 1.29 is 39.3 Å². The van der Waals surface area contributed by atoms with Crippen LogP contribution in [-0.4, -0.2) is 88.3 Å². The number of aliphatic imine (C=N–C) groups is 1. The van der Waals surface area contributed by atoms with Gasteiger partial charge >= 0.3 is 11.9 Å². The summed E-state index contributed by atoms with van der Waals surface area (Å²) in [5, 5.41) is 34.3. The molecule has 0 aromatic rings. The first-order valence-electron chi connectivity index (χ1n) is 10.1. The van der Waals surface area contributed by atoms with Gasteiger partial charge < -0.3 is 48.5 Å². The summed E-state index contributed by atoms with van der Waals surface area (Å²) in [6.07, 6.45) is -0.761. The highest BCUT2D eigenvalue weighted by atomic mass is 16.4. The second-order valence-electron chi connectivity index (χ2n) is 7.52. The number of carbonyl (C=O) groups is 5. The predicted octanol–water partition coefficient (Wildman–Crippen LogP) is -3.97. The minimum Gasteiger partial charge on any atom is -0.481 e. The second-order valence-corrected chi connectivity index (χ2v) is 7.52. The van der Waals surface area contributed by atoms with Crippen LogP contribution in [-0.2, 0) is 24.0 Å². The SMILES string of the molecule is CC(C)C(N)C(=O)NC(CO)C(=O)NC(CC(=O)O)C(=O)NC(CCCN=C(N)N)C(=O)O. The lowest BCUT2D eigenvalue weighted by Crippen LogP contribution is -2.58. The maximum Gasteiger partial charge on any atom is 0.326 e. The molecule has 3 amide bonds. The van der Waals surface area contributed by atoms with E-state index in [0.717, 1.165) is 0 Å². The van der Waals surface area contributed by atoms with Crippen LogP contribution < -0.4 is 33.2 Å². The molecule has 33 heavy (non-hydrogen) atoms. The van der Waals surface area contributed by atoms with Crippen molar-refractivity contribution in [3.63, 3.8) is 0 Å². The maximum absolute atomic E-state index is 12.5. The van der Waals surface area contributed by atoms with E-state index in [4.69, 9.17) is 22.3 Å². The van der Waals surface area contributed by atoms with E-state index in [9.17, 15) is 34.2 Å². The van der Waals surface area contributed by atoms with Gasteiger partial charge in [-0.25, -0.2) is 4.79 Å². The molecular weight excluding hydrogens is 442 g/mol. The molecule has 12 N–H and O–H groups in total. The number of nitrogens with zero attached hydrogens (tertiary/aromatic N) is 1. The monoisotopic (exact) mass is 475 g/mol. The number of aliphatic carboxylic acids is 2. The van der Waals surface area contributed by atoms with Crippen LogP contribution in [0.2, 0.25) is 0 Å². The normalized spacial score (nSPS) is 14.3. The summed E-state index contributed by atoms with van der Waals surface area (Å²) in [7, 11) is 0. The lowest BCUT2D eigenvalue weighted by molar-refractivity contribution is -0.144. The molecule has 0 bridgehead atoms. The number of carbonyl (C=O) groups excluding carboxylic acids is 3. The van der Waals surface area contributed by atoms with Crippen LogP contribution in [0.1, 0.15) is 33.1 Å². The number of hydrogen-bond donors (Lipinski definition) is 9. The average molecular weight is 476 g/mol. The molecule has 0 saturated heterocycles. The van der Waals surface area contributed by atoms with Gasteiger partial charge in [0.1, 0.15) is 18.1 Å². The predicted molar refractivity (Wildman–Crippen MR) is 115 cm³/mol. The highest BCUT2D eigenvalue weighted by Crippen LogP contribution is 2.03. The Morgan fingerprint density at radius 1 is 0.879 bits per heavy atom. The molecule has 0 aromatic heterocycles. The Labute approximate surface area is 190 Å². The van der Waals surface area contributed by atoms with Crippen LogP contribution in [0.5, 0.6) is 0 Å². The molecule has 0 aliphatic carbocycles. The molecular formula is C18H33N7O8. The standard InChI is InChI=1S/C18H33N7O8/c1-8(2)13(19)16(31)25-11(7-26)15(30)24-10(6-12(27)28)14(29)23-9(17(32)33)4-3-5-22-18(20)21/h8-11,13,26H,3-7,19H2,1-2H3,(H,23,29)(H,24,30)(H,25,31)(H,27,28)(H,32,33)(H4,20,21,22). The van der Waals surface area contributed by atoms with Gasteiger partial charge in [0.2, 0.25) is 17.7 Å². The minimum atomic E-state index is -1.68. The Morgan fingerprint density at radius 3 is 1.85 bits per heavy atom. The molecule has 0 aliphatic heterocycles. The third-order valence-electron chi connectivity index (χ3n) is 4.41. The fourth-order valence-corrected chi connectivity index (χ4v) is 2.45. The van der Waals surface area contributed by atoms with E-state index in [2.05, 4.69) is 20.9 Å². The van der Waals surface area contributed by atoms with Crippen molar-refractivity contribution in [2.75, 3.05) is 13.2 Å². The van der Waals surface area contributed by atoms with Gasteiger partial charge in [-0.05, 0) is 18.8 Å². The van der Waals surface area contributed by atoms with Crippen LogP contribution in [0.3, 0.4) is 0 Å². The van der Waals surface area contributed by atoms with Gasteiger partial charge in [0, 0.05) is 6.54 Å². The quantitative estimate of drug-likeness (QED) is 0.0625. The molecule has 0 fully saturated rings. The number of carboxylic acids is 2. The van der Waals surface area contributed by atoms with Gasteiger partial charge in [0.05, 0.1) is 19.1 Å². The Hall–Kier alpha value is -3.46. The molecule has 0 heterocycles. The zero-order valence-corrected chi connectivity index (χ0v) is 18.5. The molecule has 188 valence electrons. The van der Waals surface area contributed by atoms with Gasteiger partial charge in [-0.3, -0.25) is 24.2 Å². The number of nitrogens with two attached hydrogens (primary N) is 3. The van der Waals surface area contributed by atoms with E-state index >= 15 is 0 Å². The highest BCUT2D eigenvalue weighted by molar-refractivity contribution is 5.95. The van der Waals surface area contributed by atoms with Gasteiger partial charge in [0.15, 0.2) is 5.96 Å². The summed E-state index contributed by atoms with van der Waals surface area (Å²) in [6.45, 7) is 2.59. The molecule has 15 heteroatoms. The van der Waals surface area contributed by atoms with Crippen molar-refractivity contribution in [2.45, 2.75) is 57.3 Å². The van der Waals surface area contributed by atoms with E-state index < -0.39 is 66.9 Å². The Kier molecular flexibility index (Phi) is 13.0. The molecule has 15 nitrogen and oxygen atoms in total. The maximum atomic E-state index is 12.5.